The van der Waals surface area contributed by atoms with E-state index in [1.165, 1.54) is 18.3 Å². The van der Waals surface area contributed by atoms with Crippen molar-refractivity contribution in [3.05, 3.63) is 48.2 Å². The van der Waals surface area contributed by atoms with Crippen LogP contribution in [-0.4, -0.2) is 13.4 Å². The number of aromatic nitrogens is 1. The van der Waals surface area contributed by atoms with E-state index in [0.717, 1.165) is 12.1 Å². The Balaban J connectivity index is 2.41. The second-order valence-electron chi connectivity index (χ2n) is 3.62. The van der Waals surface area contributed by atoms with E-state index in [-0.39, 0.29) is 11.5 Å². The number of hydrogen-bond donors (Lipinski definition) is 2. The highest BCUT2D eigenvalue weighted by Gasteiger charge is 2.20. The van der Waals surface area contributed by atoms with Crippen LogP contribution in [0.4, 0.5) is 20.3 Å². The standard InChI is InChI=1S/C11H9F2N3O2S/c12-7-3-4-10(8(13)6-7)19(17,18)16-9-2-1-5-15-11(9)14/h1-6,16H,(H2,14,15). The van der Waals surface area contributed by atoms with Crippen LogP contribution in [0.2, 0.25) is 0 Å². The minimum Gasteiger partial charge on any atom is -0.382 e. The number of rotatable bonds is 3. The van der Waals surface area contributed by atoms with Gasteiger partial charge in [0.25, 0.3) is 10.0 Å². The first-order chi connectivity index (χ1) is 8.90. The molecule has 1 aromatic heterocycles. The molecule has 0 bridgehead atoms. The van der Waals surface area contributed by atoms with Gasteiger partial charge in [0, 0.05) is 12.3 Å². The van der Waals surface area contributed by atoms with E-state index in [4.69, 9.17) is 5.73 Å². The summed E-state index contributed by atoms with van der Waals surface area (Å²) < 4.78 is 52.1. The summed E-state index contributed by atoms with van der Waals surface area (Å²) in [6.45, 7) is 0. The van der Waals surface area contributed by atoms with E-state index in [0.29, 0.717) is 6.07 Å². The lowest BCUT2D eigenvalue weighted by molar-refractivity contribution is 0.551. The van der Waals surface area contributed by atoms with Gasteiger partial charge in [0.1, 0.15) is 22.3 Å². The third-order valence-electron chi connectivity index (χ3n) is 2.27. The number of nitrogen functional groups attached to an aromatic ring is 1. The van der Waals surface area contributed by atoms with Gasteiger partial charge in [-0.05, 0) is 24.3 Å². The van der Waals surface area contributed by atoms with Crippen LogP contribution in [0.25, 0.3) is 0 Å². The lowest BCUT2D eigenvalue weighted by Gasteiger charge is -2.10. The van der Waals surface area contributed by atoms with Crippen molar-refractivity contribution >= 4 is 21.5 Å². The monoisotopic (exact) mass is 285 g/mol. The van der Waals surface area contributed by atoms with Crippen molar-refractivity contribution in [1.82, 2.24) is 4.98 Å². The number of halogens is 2. The topological polar surface area (TPSA) is 85.1 Å². The first-order valence-corrected chi connectivity index (χ1v) is 6.57. The average molecular weight is 285 g/mol. The predicted molar refractivity (Wildman–Crippen MR) is 65.8 cm³/mol. The van der Waals surface area contributed by atoms with E-state index in [9.17, 15) is 17.2 Å². The van der Waals surface area contributed by atoms with Crippen LogP contribution in [0.1, 0.15) is 0 Å². The molecule has 0 aliphatic heterocycles. The Morgan fingerprint density at radius 3 is 2.58 bits per heavy atom. The average Bonchev–Trinajstić information content (AvgIpc) is 2.31. The molecule has 1 heterocycles. The molecule has 0 amide bonds. The molecule has 0 aliphatic rings. The van der Waals surface area contributed by atoms with Gasteiger partial charge in [-0.15, -0.1) is 0 Å². The Bertz CT molecular complexity index is 720. The number of pyridine rings is 1. The molecule has 0 fully saturated rings. The lowest BCUT2D eigenvalue weighted by atomic mass is 10.3. The largest absolute Gasteiger partial charge is 0.382 e. The van der Waals surface area contributed by atoms with E-state index in [2.05, 4.69) is 9.71 Å². The summed E-state index contributed by atoms with van der Waals surface area (Å²) >= 11 is 0. The van der Waals surface area contributed by atoms with Crippen LogP contribution in [0.3, 0.4) is 0 Å². The molecular formula is C11H9F2N3O2S. The molecule has 0 aliphatic carbocycles. The normalized spacial score (nSPS) is 11.3. The summed E-state index contributed by atoms with van der Waals surface area (Å²) in [4.78, 5) is 3.02. The minimum absolute atomic E-state index is 0.0197. The van der Waals surface area contributed by atoms with Crippen LogP contribution >= 0.6 is 0 Å². The molecule has 8 heteroatoms. The van der Waals surface area contributed by atoms with Crippen LogP contribution in [0, 0.1) is 11.6 Å². The van der Waals surface area contributed by atoms with Crippen LogP contribution < -0.4 is 10.5 Å². The Hall–Kier alpha value is -2.22. The molecule has 5 nitrogen and oxygen atoms in total. The number of nitrogens with two attached hydrogens (primary N) is 1. The van der Waals surface area contributed by atoms with Gasteiger partial charge in [0.15, 0.2) is 0 Å². The van der Waals surface area contributed by atoms with Crippen molar-refractivity contribution in [2.24, 2.45) is 0 Å². The van der Waals surface area contributed by atoms with Gasteiger partial charge in [0.05, 0.1) is 5.69 Å². The molecule has 2 rings (SSSR count). The van der Waals surface area contributed by atoms with Crippen LogP contribution in [-0.2, 0) is 10.0 Å². The van der Waals surface area contributed by atoms with E-state index in [1.807, 2.05) is 0 Å². The van der Waals surface area contributed by atoms with Gasteiger partial charge < -0.3 is 5.73 Å². The highest BCUT2D eigenvalue weighted by molar-refractivity contribution is 7.92. The Morgan fingerprint density at radius 1 is 1.21 bits per heavy atom. The number of nitrogens with one attached hydrogen (secondary N) is 1. The molecule has 19 heavy (non-hydrogen) atoms. The molecule has 0 atom stereocenters. The van der Waals surface area contributed by atoms with E-state index >= 15 is 0 Å². The zero-order valence-corrected chi connectivity index (χ0v) is 10.3. The molecule has 1 aromatic carbocycles. The van der Waals surface area contributed by atoms with E-state index in [1.54, 1.807) is 0 Å². The van der Waals surface area contributed by atoms with Crippen molar-refractivity contribution in [2.45, 2.75) is 4.90 Å². The zero-order chi connectivity index (χ0) is 14.0. The van der Waals surface area contributed by atoms with Gasteiger partial charge in [0.2, 0.25) is 0 Å². The fourth-order valence-corrected chi connectivity index (χ4v) is 2.53. The maximum atomic E-state index is 13.4. The summed E-state index contributed by atoms with van der Waals surface area (Å²) in [5.74, 6) is -2.10. The molecule has 0 saturated carbocycles. The summed E-state index contributed by atoms with van der Waals surface area (Å²) in [5.41, 5.74) is 5.50. The van der Waals surface area contributed by atoms with Crippen molar-refractivity contribution in [3.63, 3.8) is 0 Å². The lowest BCUT2D eigenvalue weighted by Crippen LogP contribution is -2.16. The maximum Gasteiger partial charge on any atom is 0.264 e. The van der Waals surface area contributed by atoms with Gasteiger partial charge in [-0.3, -0.25) is 4.72 Å². The minimum atomic E-state index is -4.19. The first kappa shape index (κ1) is 13.2. The van der Waals surface area contributed by atoms with E-state index < -0.39 is 26.6 Å². The van der Waals surface area contributed by atoms with Crippen LogP contribution in [0.5, 0.6) is 0 Å². The van der Waals surface area contributed by atoms with Crippen molar-refractivity contribution in [2.75, 3.05) is 10.5 Å². The molecule has 100 valence electrons. The highest BCUT2D eigenvalue weighted by Crippen LogP contribution is 2.21. The first-order valence-electron chi connectivity index (χ1n) is 5.08. The molecule has 0 radical (unpaired) electrons. The SMILES string of the molecule is Nc1ncccc1NS(=O)(=O)c1ccc(F)cc1F. The second kappa shape index (κ2) is 4.81. The third kappa shape index (κ3) is 2.79. The second-order valence-corrected chi connectivity index (χ2v) is 5.27. The highest BCUT2D eigenvalue weighted by atomic mass is 32.2. The number of benzene rings is 1. The Morgan fingerprint density at radius 2 is 1.95 bits per heavy atom. The van der Waals surface area contributed by atoms with Crippen molar-refractivity contribution in [1.29, 1.82) is 0 Å². The molecular weight excluding hydrogens is 276 g/mol. The smallest absolute Gasteiger partial charge is 0.264 e. The number of hydrogen-bond acceptors (Lipinski definition) is 4. The summed E-state index contributed by atoms with van der Waals surface area (Å²) in [5, 5.41) is 0. The third-order valence-corrected chi connectivity index (χ3v) is 3.67. The fraction of sp³-hybridized carbons (Fsp3) is 0. The number of nitrogens with zero attached hydrogens (tertiary/aromatic N) is 1. The van der Waals surface area contributed by atoms with Gasteiger partial charge in [-0.1, -0.05) is 0 Å². The molecule has 0 spiro atoms. The molecule has 2 aromatic rings. The van der Waals surface area contributed by atoms with Crippen molar-refractivity contribution < 1.29 is 17.2 Å². The van der Waals surface area contributed by atoms with Crippen molar-refractivity contribution in [3.8, 4) is 0 Å². The molecule has 3 N–H and O–H groups in total. The quantitative estimate of drug-likeness (QED) is 0.899. The summed E-state index contributed by atoms with van der Waals surface area (Å²) in [6, 6.07) is 5.02. The molecule has 0 unspecified atom stereocenters. The number of anilines is 2. The Labute approximate surface area is 108 Å². The Kier molecular flexibility index (Phi) is 3.34. The fourth-order valence-electron chi connectivity index (χ4n) is 1.40. The van der Waals surface area contributed by atoms with Gasteiger partial charge in [-0.2, -0.15) is 0 Å². The van der Waals surface area contributed by atoms with Crippen LogP contribution in [0.15, 0.2) is 41.4 Å². The number of sulfonamides is 1. The molecule has 0 saturated heterocycles. The summed E-state index contributed by atoms with van der Waals surface area (Å²) in [6.07, 6.45) is 1.38. The predicted octanol–water partition coefficient (Wildman–Crippen LogP) is 1.74. The van der Waals surface area contributed by atoms with Gasteiger partial charge >= 0.3 is 0 Å². The zero-order valence-electron chi connectivity index (χ0n) is 9.47. The summed E-state index contributed by atoms with van der Waals surface area (Å²) in [7, 11) is -4.19. The maximum absolute atomic E-state index is 13.4. The van der Waals surface area contributed by atoms with Gasteiger partial charge in [-0.25, -0.2) is 22.2 Å².